The molecule has 0 amide bonds. The SMILES string of the molecule is CCNC(=NCc1ccc(F)c(CN(C)C)c1)NC1CCN(CCOC)CC1. The number of ether oxygens (including phenoxy) is 1. The van der Waals surface area contributed by atoms with Crippen LogP contribution in [-0.2, 0) is 17.8 Å². The zero-order chi connectivity index (χ0) is 20.4. The van der Waals surface area contributed by atoms with Gasteiger partial charge in [0, 0.05) is 51.4 Å². The van der Waals surface area contributed by atoms with Gasteiger partial charge in [0.1, 0.15) is 5.82 Å². The predicted molar refractivity (Wildman–Crippen MR) is 113 cm³/mol. The van der Waals surface area contributed by atoms with E-state index in [1.807, 2.05) is 31.1 Å². The molecule has 1 aromatic carbocycles. The summed E-state index contributed by atoms with van der Waals surface area (Å²) in [4.78, 5) is 9.13. The van der Waals surface area contributed by atoms with Crippen LogP contribution in [0.25, 0.3) is 0 Å². The van der Waals surface area contributed by atoms with Crippen LogP contribution < -0.4 is 10.6 Å². The Kier molecular flexibility index (Phi) is 9.67. The molecule has 1 aliphatic heterocycles. The second-order valence-corrected chi connectivity index (χ2v) is 7.61. The maximum atomic E-state index is 14.0. The van der Waals surface area contributed by atoms with Gasteiger partial charge in [-0.1, -0.05) is 6.07 Å². The second-order valence-electron chi connectivity index (χ2n) is 7.61. The fraction of sp³-hybridized carbons (Fsp3) is 0.667. The van der Waals surface area contributed by atoms with E-state index in [9.17, 15) is 4.39 Å². The van der Waals surface area contributed by atoms with E-state index in [-0.39, 0.29) is 5.82 Å². The van der Waals surface area contributed by atoms with Crippen molar-refractivity contribution in [1.29, 1.82) is 0 Å². The third kappa shape index (κ3) is 7.73. The Bertz CT molecular complexity index is 615. The fourth-order valence-electron chi connectivity index (χ4n) is 3.39. The smallest absolute Gasteiger partial charge is 0.191 e. The molecule has 1 saturated heterocycles. The number of hydrogen-bond donors (Lipinski definition) is 2. The van der Waals surface area contributed by atoms with Crippen molar-refractivity contribution in [2.45, 2.75) is 38.9 Å². The number of hydrogen-bond acceptors (Lipinski definition) is 4. The van der Waals surface area contributed by atoms with Gasteiger partial charge in [-0.05, 0) is 51.6 Å². The molecule has 0 bridgehead atoms. The van der Waals surface area contributed by atoms with Crippen molar-refractivity contribution in [2.24, 2.45) is 4.99 Å². The molecule has 2 N–H and O–H groups in total. The minimum atomic E-state index is -0.160. The topological polar surface area (TPSA) is 52.1 Å². The molecule has 6 nitrogen and oxygen atoms in total. The molecule has 158 valence electrons. The van der Waals surface area contributed by atoms with Crippen LogP contribution in [0.2, 0.25) is 0 Å². The van der Waals surface area contributed by atoms with Gasteiger partial charge >= 0.3 is 0 Å². The van der Waals surface area contributed by atoms with E-state index >= 15 is 0 Å². The lowest BCUT2D eigenvalue weighted by atomic mass is 10.1. The molecule has 7 heteroatoms. The summed E-state index contributed by atoms with van der Waals surface area (Å²) < 4.78 is 19.1. The lowest BCUT2D eigenvalue weighted by Gasteiger charge is -2.32. The van der Waals surface area contributed by atoms with E-state index in [0.717, 1.165) is 57.2 Å². The Hall–Kier alpha value is -1.70. The summed E-state index contributed by atoms with van der Waals surface area (Å²) in [6, 6.07) is 5.70. The lowest BCUT2D eigenvalue weighted by molar-refractivity contribution is 0.128. The van der Waals surface area contributed by atoms with E-state index in [0.29, 0.717) is 24.7 Å². The van der Waals surface area contributed by atoms with E-state index in [4.69, 9.17) is 9.73 Å². The van der Waals surface area contributed by atoms with Gasteiger partial charge in [0.15, 0.2) is 5.96 Å². The number of piperidine rings is 1. The summed E-state index contributed by atoms with van der Waals surface area (Å²) in [7, 11) is 5.63. The minimum absolute atomic E-state index is 0.160. The maximum Gasteiger partial charge on any atom is 0.191 e. The van der Waals surface area contributed by atoms with Crippen LogP contribution in [0.5, 0.6) is 0 Å². The van der Waals surface area contributed by atoms with Gasteiger partial charge in [0.05, 0.1) is 13.2 Å². The Morgan fingerprint density at radius 2 is 2.07 bits per heavy atom. The Morgan fingerprint density at radius 1 is 1.32 bits per heavy atom. The predicted octanol–water partition coefficient (Wildman–Crippen LogP) is 2.05. The number of guanidine groups is 1. The van der Waals surface area contributed by atoms with Gasteiger partial charge in [-0.25, -0.2) is 9.38 Å². The second kappa shape index (κ2) is 12.0. The zero-order valence-electron chi connectivity index (χ0n) is 17.8. The van der Waals surface area contributed by atoms with Gasteiger partial charge in [-0.3, -0.25) is 0 Å². The van der Waals surface area contributed by atoms with Crippen molar-refractivity contribution in [3.8, 4) is 0 Å². The van der Waals surface area contributed by atoms with Crippen molar-refractivity contribution >= 4 is 5.96 Å². The Morgan fingerprint density at radius 3 is 2.71 bits per heavy atom. The molecule has 1 fully saturated rings. The van der Waals surface area contributed by atoms with Crippen LogP contribution in [0.1, 0.15) is 30.9 Å². The molecule has 1 aromatic rings. The summed E-state index contributed by atoms with van der Waals surface area (Å²) >= 11 is 0. The summed E-state index contributed by atoms with van der Waals surface area (Å²) in [5.74, 6) is 0.669. The number of rotatable bonds is 9. The highest BCUT2D eigenvalue weighted by Crippen LogP contribution is 2.14. The highest BCUT2D eigenvalue weighted by atomic mass is 19.1. The Balaban J connectivity index is 1.92. The average Bonchev–Trinajstić information content (AvgIpc) is 2.67. The normalized spacial score (nSPS) is 16.6. The third-order valence-electron chi connectivity index (χ3n) is 4.90. The summed E-state index contributed by atoms with van der Waals surface area (Å²) in [6.07, 6.45) is 2.19. The van der Waals surface area contributed by atoms with Crippen molar-refractivity contribution < 1.29 is 9.13 Å². The van der Waals surface area contributed by atoms with Gasteiger partial charge in [-0.15, -0.1) is 0 Å². The van der Waals surface area contributed by atoms with E-state index in [2.05, 4.69) is 22.5 Å². The molecular formula is C21H36FN5O. The number of nitrogens with one attached hydrogen (secondary N) is 2. The first-order valence-electron chi connectivity index (χ1n) is 10.2. The van der Waals surface area contributed by atoms with E-state index in [1.165, 1.54) is 0 Å². The molecule has 1 heterocycles. The molecular weight excluding hydrogens is 357 g/mol. The van der Waals surface area contributed by atoms with Crippen molar-refractivity contribution in [3.05, 3.63) is 35.1 Å². The number of aliphatic imine (C=N–C) groups is 1. The highest BCUT2D eigenvalue weighted by Gasteiger charge is 2.19. The number of halogens is 1. The Labute approximate surface area is 169 Å². The van der Waals surface area contributed by atoms with Crippen LogP contribution in [-0.4, -0.2) is 75.8 Å². The van der Waals surface area contributed by atoms with E-state index < -0.39 is 0 Å². The molecule has 0 atom stereocenters. The standard InChI is InChI=1S/C21H36FN5O/c1-5-23-21(25-19-8-10-27(11-9-19)12-13-28-4)24-15-17-6-7-20(22)18(14-17)16-26(2)3/h6-7,14,19H,5,8-13,15-16H2,1-4H3,(H2,23,24,25). The largest absolute Gasteiger partial charge is 0.383 e. The number of benzene rings is 1. The summed E-state index contributed by atoms with van der Waals surface area (Å²) in [5.41, 5.74) is 1.73. The first-order valence-corrected chi connectivity index (χ1v) is 10.2. The number of nitrogens with zero attached hydrogens (tertiary/aromatic N) is 3. The molecule has 0 unspecified atom stereocenters. The van der Waals surface area contributed by atoms with Crippen LogP contribution in [0.3, 0.4) is 0 Å². The van der Waals surface area contributed by atoms with Crippen molar-refractivity contribution in [3.63, 3.8) is 0 Å². The van der Waals surface area contributed by atoms with Crippen LogP contribution in [0, 0.1) is 5.82 Å². The molecule has 0 aliphatic carbocycles. The van der Waals surface area contributed by atoms with Crippen molar-refractivity contribution in [1.82, 2.24) is 20.4 Å². The molecule has 1 aliphatic rings. The molecule has 0 radical (unpaired) electrons. The molecule has 0 aromatic heterocycles. The van der Waals surface area contributed by atoms with Gasteiger partial charge in [0.25, 0.3) is 0 Å². The van der Waals surface area contributed by atoms with Crippen LogP contribution >= 0.6 is 0 Å². The highest BCUT2D eigenvalue weighted by molar-refractivity contribution is 5.80. The average molecular weight is 394 g/mol. The maximum absolute atomic E-state index is 14.0. The number of methoxy groups -OCH3 is 1. The van der Waals surface area contributed by atoms with Gasteiger partial charge < -0.3 is 25.2 Å². The minimum Gasteiger partial charge on any atom is -0.383 e. The lowest BCUT2D eigenvalue weighted by Crippen LogP contribution is -2.49. The molecule has 28 heavy (non-hydrogen) atoms. The quantitative estimate of drug-likeness (QED) is 0.497. The monoisotopic (exact) mass is 393 g/mol. The van der Waals surface area contributed by atoms with Crippen LogP contribution in [0.4, 0.5) is 4.39 Å². The number of likely N-dealkylation sites (tertiary alicyclic amines) is 1. The first kappa shape index (κ1) is 22.6. The third-order valence-corrected chi connectivity index (χ3v) is 4.90. The molecule has 0 saturated carbocycles. The van der Waals surface area contributed by atoms with Crippen LogP contribution in [0.15, 0.2) is 23.2 Å². The molecule has 0 spiro atoms. The van der Waals surface area contributed by atoms with Gasteiger partial charge in [0.2, 0.25) is 0 Å². The van der Waals surface area contributed by atoms with E-state index in [1.54, 1.807) is 13.2 Å². The zero-order valence-corrected chi connectivity index (χ0v) is 17.8. The summed E-state index contributed by atoms with van der Waals surface area (Å²) in [5, 5.41) is 6.89. The summed E-state index contributed by atoms with van der Waals surface area (Å²) in [6.45, 7) is 7.93. The van der Waals surface area contributed by atoms with Crippen molar-refractivity contribution in [2.75, 3.05) is 54.0 Å². The molecule has 2 rings (SSSR count). The first-order chi connectivity index (χ1) is 13.5. The van der Waals surface area contributed by atoms with Gasteiger partial charge in [-0.2, -0.15) is 0 Å². The fourth-order valence-corrected chi connectivity index (χ4v) is 3.39.